The molecule has 1 heterocycles. The summed E-state index contributed by atoms with van der Waals surface area (Å²) in [6.07, 6.45) is 6.34. The predicted octanol–water partition coefficient (Wildman–Crippen LogP) is 3.24. The summed E-state index contributed by atoms with van der Waals surface area (Å²) in [4.78, 5) is 15.1. The van der Waals surface area contributed by atoms with Gasteiger partial charge in [-0.3, -0.25) is 10.1 Å². The highest BCUT2D eigenvalue weighted by atomic mass is 32.2. The van der Waals surface area contributed by atoms with Gasteiger partial charge in [-0.05, 0) is 44.8 Å². The molecule has 4 heteroatoms. The molecule has 0 radical (unpaired) electrons. The van der Waals surface area contributed by atoms with Crippen LogP contribution in [0.15, 0.2) is 0 Å². The molecular weight excluding hydrogens is 268 g/mol. The van der Waals surface area contributed by atoms with E-state index in [9.17, 15) is 4.79 Å². The van der Waals surface area contributed by atoms with Crippen LogP contribution in [0.25, 0.3) is 0 Å². The number of thioether (sulfide) groups is 1. The van der Waals surface area contributed by atoms with Crippen molar-refractivity contribution in [3.05, 3.63) is 0 Å². The third-order valence-electron chi connectivity index (χ3n) is 5.06. The third-order valence-corrected chi connectivity index (χ3v) is 6.19. The Morgan fingerprint density at radius 2 is 2.05 bits per heavy atom. The summed E-state index contributed by atoms with van der Waals surface area (Å²) in [5.74, 6) is 3.15. The van der Waals surface area contributed by atoms with Gasteiger partial charge in [-0.25, -0.2) is 0 Å². The van der Waals surface area contributed by atoms with Gasteiger partial charge in [-0.1, -0.05) is 26.7 Å². The van der Waals surface area contributed by atoms with Gasteiger partial charge in [-0.2, -0.15) is 11.8 Å². The van der Waals surface area contributed by atoms with Crippen LogP contribution in [0.3, 0.4) is 0 Å². The van der Waals surface area contributed by atoms with Crippen LogP contribution in [-0.4, -0.2) is 40.1 Å². The Kier molecular flexibility index (Phi) is 5.41. The minimum absolute atomic E-state index is 0.266. The van der Waals surface area contributed by atoms with E-state index in [0.29, 0.717) is 17.9 Å². The van der Waals surface area contributed by atoms with Crippen molar-refractivity contribution in [2.24, 2.45) is 5.92 Å². The van der Waals surface area contributed by atoms with Crippen molar-refractivity contribution in [2.45, 2.75) is 77.5 Å². The summed E-state index contributed by atoms with van der Waals surface area (Å²) >= 11 is 1.94. The van der Waals surface area contributed by atoms with Crippen molar-refractivity contribution in [3.63, 3.8) is 0 Å². The van der Waals surface area contributed by atoms with Gasteiger partial charge in [0.15, 0.2) is 0 Å². The highest BCUT2D eigenvalue weighted by Gasteiger charge is 2.50. The summed E-state index contributed by atoms with van der Waals surface area (Å²) in [6, 6.07) is 0.332. The minimum Gasteiger partial charge on any atom is -0.322 e. The zero-order chi connectivity index (χ0) is 14.8. The molecule has 1 N–H and O–H groups in total. The first-order chi connectivity index (χ1) is 9.53. The molecule has 116 valence electrons. The van der Waals surface area contributed by atoms with Crippen LogP contribution in [0.4, 0.5) is 0 Å². The number of amides is 1. The zero-order valence-corrected chi connectivity index (χ0v) is 14.3. The second-order valence-electron chi connectivity index (χ2n) is 6.54. The molecule has 1 aliphatic heterocycles. The molecule has 2 fully saturated rings. The van der Waals surface area contributed by atoms with E-state index in [1.807, 2.05) is 11.8 Å². The lowest BCUT2D eigenvalue weighted by Gasteiger charge is -2.33. The first-order valence-corrected chi connectivity index (χ1v) is 9.37. The molecule has 1 aliphatic carbocycles. The Morgan fingerprint density at radius 3 is 2.60 bits per heavy atom. The van der Waals surface area contributed by atoms with Crippen LogP contribution in [-0.2, 0) is 4.79 Å². The maximum absolute atomic E-state index is 12.9. The van der Waals surface area contributed by atoms with E-state index in [-0.39, 0.29) is 11.7 Å². The number of rotatable bonds is 6. The summed E-state index contributed by atoms with van der Waals surface area (Å²) in [6.45, 7) is 8.60. The van der Waals surface area contributed by atoms with Gasteiger partial charge < -0.3 is 4.90 Å². The fraction of sp³-hybridized carbons (Fsp3) is 0.938. The molecule has 1 saturated carbocycles. The summed E-state index contributed by atoms with van der Waals surface area (Å²) in [5.41, 5.74) is -0.349. The largest absolute Gasteiger partial charge is 0.322 e. The lowest BCUT2D eigenvalue weighted by Crippen LogP contribution is -2.48. The number of carbonyl (C=O) groups is 1. The number of hydrogen-bond acceptors (Lipinski definition) is 3. The lowest BCUT2D eigenvalue weighted by atomic mass is 9.99. The first kappa shape index (κ1) is 16.2. The monoisotopic (exact) mass is 298 g/mol. The molecule has 2 rings (SSSR count). The maximum Gasteiger partial charge on any atom is 0.244 e. The van der Waals surface area contributed by atoms with Crippen LogP contribution in [0.5, 0.6) is 0 Å². The normalized spacial score (nSPS) is 33.1. The van der Waals surface area contributed by atoms with Gasteiger partial charge in [0.05, 0.1) is 11.7 Å². The van der Waals surface area contributed by atoms with Crippen LogP contribution in [0, 0.1) is 5.92 Å². The standard InChI is InChI=1S/C16H30N2OS/c1-5-16(4)15(19)18(12(3)11-20-6-2)14(17-16)13-9-7-8-10-13/h12-14,17H,5-11H2,1-4H3. The van der Waals surface area contributed by atoms with Gasteiger partial charge in [0.2, 0.25) is 5.91 Å². The van der Waals surface area contributed by atoms with E-state index in [0.717, 1.165) is 17.9 Å². The number of carbonyl (C=O) groups excluding carboxylic acids is 1. The van der Waals surface area contributed by atoms with Gasteiger partial charge >= 0.3 is 0 Å². The average molecular weight is 298 g/mol. The topological polar surface area (TPSA) is 32.3 Å². The number of nitrogens with one attached hydrogen (secondary N) is 1. The molecule has 1 amide bonds. The maximum atomic E-state index is 12.9. The number of hydrogen-bond donors (Lipinski definition) is 1. The average Bonchev–Trinajstić information content (AvgIpc) is 3.05. The van der Waals surface area contributed by atoms with Gasteiger partial charge in [-0.15, -0.1) is 0 Å². The Hall–Kier alpha value is -0.220. The van der Waals surface area contributed by atoms with Crippen LogP contribution >= 0.6 is 11.8 Å². The van der Waals surface area contributed by atoms with Crippen molar-refractivity contribution in [2.75, 3.05) is 11.5 Å². The van der Waals surface area contributed by atoms with Crippen molar-refractivity contribution in [1.82, 2.24) is 10.2 Å². The second-order valence-corrected chi connectivity index (χ2v) is 7.86. The molecule has 0 bridgehead atoms. The smallest absolute Gasteiger partial charge is 0.244 e. The SMILES string of the molecule is CCSCC(C)N1C(=O)C(C)(CC)NC1C1CCCC1. The Balaban J connectivity index is 2.16. The molecule has 20 heavy (non-hydrogen) atoms. The van der Waals surface area contributed by atoms with Crippen LogP contribution in [0.2, 0.25) is 0 Å². The minimum atomic E-state index is -0.349. The zero-order valence-electron chi connectivity index (χ0n) is 13.4. The molecule has 3 nitrogen and oxygen atoms in total. The number of nitrogens with zero attached hydrogens (tertiary/aromatic N) is 1. The lowest BCUT2D eigenvalue weighted by molar-refractivity contribution is -0.135. The first-order valence-electron chi connectivity index (χ1n) is 8.21. The molecule has 0 spiro atoms. The van der Waals surface area contributed by atoms with E-state index < -0.39 is 0 Å². The Labute approximate surface area is 128 Å². The summed E-state index contributed by atoms with van der Waals surface area (Å²) < 4.78 is 0. The van der Waals surface area contributed by atoms with Crippen molar-refractivity contribution >= 4 is 17.7 Å². The fourth-order valence-electron chi connectivity index (χ4n) is 3.58. The highest BCUT2D eigenvalue weighted by Crippen LogP contribution is 2.36. The third kappa shape index (κ3) is 3.01. The van der Waals surface area contributed by atoms with Gasteiger partial charge in [0, 0.05) is 11.8 Å². The quantitative estimate of drug-likeness (QED) is 0.817. The fourth-order valence-corrected chi connectivity index (χ4v) is 4.32. The molecule has 2 aliphatic rings. The van der Waals surface area contributed by atoms with E-state index in [1.54, 1.807) is 0 Å². The van der Waals surface area contributed by atoms with Crippen LogP contribution in [0.1, 0.15) is 59.8 Å². The van der Waals surface area contributed by atoms with Gasteiger partial charge in [0.25, 0.3) is 0 Å². The molecule has 0 aromatic heterocycles. The van der Waals surface area contributed by atoms with Crippen LogP contribution < -0.4 is 5.32 Å². The molecule has 0 aromatic carbocycles. The second kappa shape index (κ2) is 6.69. The highest BCUT2D eigenvalue weighted by molar-refractivity contribution is 7.99. The molecule has 0 aromatic rings. The Bertz CT molecular complexity index is 343. The Morgan fingerprint density at radius 1 is 1.40 bits per heavy atom. The van der Waals surface area contributed by atoms with Crippen molar-refractivity contribution < 1.29 is 4.79 Å². The molecular formula is C16H30N2OS. The van der Waals surface area contributed by atoms with E-state index in [2.05, 4.69) is 37.9 Å². The molecule has 3 unspecified atom stereocenters. The van der Waals surface area contributed by atoms with E-state index in [1.165, 1.54) is 25.7 Å². The van der Waals surface area contributed by atoms with E-state index >= 15 is 0 Å². The summed E-state index contributed by atoms with van der Waals surface area (Å²) in [5, 5.41) is 3.68. The molecule has 3 atom stereocenters. The van der Waals surface area contributed by atoms with Crippen molar-refractivity contribution in [1.29, 1.82) is 0 Å². The van der Waals surface area contributed by atoms with Gasteiger partial charge in [0.1, 0.15) is 0 Å². The molecule has 1 saturated heterocycles. The van der Waals surface area contributed by atoms with Crippen molar-refractivity contribution in [3.8, 4) is 0 Å². The predicted molar refractivity (Wildman–Crippen MR) is 86.9 cm³/mol. The van der Waals surface area contributed by atoms with E-state index in [4.69, 9.17) is 0 Å². The summed E-state index contributed by atoms with van der Waals surface area (Å²) in [7, 11) is 0.